The van der Waals surface area contributed by atoms with E-state index in [1.807, 2.05) is 29.2 Å². The van der Waals surface area contributed by atoms with Crippen molar-refractivity contribution < 1.29 is 14.3 Å². The lowest BCUT2D eigenvalue weighted by Crippen LogP contribution is -2.39. The highest BCUT2D eigenvalue weighted by molar-refractivity contribution is 5.95. The number of hydrogen-bond donors (Lipinski definition) is 0. The number of amides is 2. The van der Waals surface area contributed by atoms with E-state index in [4.69, 9.17) is 4.74 Å². The molecule has 2 amide bonds. The van der Waals surface area contributed by atoms with Gasteiger partial charge in [0.15, 0.2) is 5.60 Å². The van der Waals surface area contributed by atoms with Crippen LogP contribution >= 0.6 is 0 Å². The first-order valence-electron chi connectivity index (χ1n) is 9.15. The zero-order valence-corrected chi connectivity index (χ0v) is 14.7. The molecule has 1 aromatic rings. The van der Waals surface area contributed by atoms with E-state index in [1.165, 1.54) is 24.9 Å². The van der Waals surface area contributed by atoms with Crippen LogP contribution in [0, 0.1) is 0 Å². The molecule has 134 valence electrons. The molecule has 0 saturated carbocycles. The third-order valence-corrected chi connectivity index (χ3v) is 5.58. The molecule has 0 unspecified atom stereocenters. The van der Waals surface area contributed by atoms with Gasteiger partial charge in [-0.25, -0.2) is 4.79 Å². The minimum Gasteiger partial charge on any atom is -0.439 e. The van der Waals surface area contributed by atoms with Crippen molar-refractivity contribution in [1.29, 1.82) is 0 Å². The predicted octanol–water partition coefficient (Wildman–Crippen LogP) is 2.34. The summed E-state index contributed by atoms with van der Waals surface area (Å²) in [5, 5.41) is 0. The van der Waals surface area contributed by atoms with Crippen LogP contribution in [-0.4, -0.2) is 67.2 Å². The molecule has 0 N–H and O–H groups in total. The lowest BCUT2D eigenvalue weighted by Gasteiger charge is -2.29. The van der Waals surface area contributed by atoms with E-state index in [-0.39, 0.29) is 12.0 Å². The Morgan fingerprint density at radius 1 is 1.04 bits per heavy atom. The van der Waals surface area contributed by atoms with Crippen molar-refractivity contribution in [3.8, 4) is 0 Å². The molecule has 6 nitrogen and oxygen atoms in total. The number of likely N-dealkylation sites (N-methyl/N-ethyl adjacent to an activating group) is 1. The zero-order valence-electron chi connectivity index (χ0n) is 14.7. The van der Waals surface area contributed by atoms with Crippen molar-refractivity contribution >= 4 is 17.7 Å². The Hall–Kier alpha value is -2.24. The number of piperidine rings is 1. The van der Waals surface area contributed by atoms with Crippen molar-refractivity contribution in [3.63, 3.8) is 0 Å². The maximum absolute atomic E-state index is 12.8. The highest BCUT2D eigenvalue weighted by Crippen LogP contribution is 2.32. The number of carbonyl (C=O) groups is 2. The lowest BCUT2D eigenvalue weighted by atomic mass is 10.0. The van der Waals surface area contributed by atoms with E-state index in [2.05, 4.69) is 4.90 Å². The highest BCUT2D eigenvalue weighted by Gasteiger charge is 2.49. The number of carbonyl (C=O) groups excluding carboxylic acids is 2. The summed E-state index contributed by atoms with van der Waals surface area (Å²) in [7, 11) is 1.74. The van der Waals surface area contributed by atoms with E-state index < -0.39 is 5.60 Å². The average molecular weight is 343 g/mol. The number of likely N-dealkylation sites (tertiary alicyclic amines) is 1. The van der Waals surface area contributed by atoms with E-state index in [0.717, 1.165) is 13.1 Å². The van der Waals surface area contributed by atoms with Crippen LogP contribution in [0.4, 0.5) is 10.5 Å². The number of ether oxygens (including phenoxy) is 1. The van der Waals surface area contributed by atoms with Crippen molar-refractivity contribution in [2.24, 2.45) is 0 Å². The Bertz CT molecular complexity index is 669. The predicted molar refractivity (Wildman–Crippen MR) is 94.9 cm³/mol. The van der Waals surface area contributed by atoms with Crippen LogP contribution in [0.5, 0.6) is 0 Å². The molecule has 4 rings (SSSR count). The third kappa shape index (κ3) is 3.05. The Kier molecular flexibility index (Phi) is 4.06. The van der Waals surface area contributed by atoms with Gasteiger partial charge in [0.1, 0.15) is 0 Å². The van der Waals surface area contributed by atoms with Crippen LogP contribution in [0.1, 0.15) is 36.0 Å². The molecule has 0 aliphatic carbocycles. The van der Waals surface area contributed by atoms with Gasteiger partial charge in [0.05, 0.1) is 13.1 Å². The normalized spacial score (nSPS) is 26.4. The van der Waals surface area contributed by atoms with Gasteiger partial charge in [-0.3, -0.25) is 4.79 Å². The van der Waals surface area contributed by atoms with Crippen molar-refractivity contribution in [1.82, 2.24) is 9.80 Å². The standard InChI is InChI=1S/C19H25N3O3/c1-20-13-19(25-18(20)24)9-12-22(14-19)17(23)15-5-7-16(8-6-15)21-10-3-2-4-11-21/h5-8H,2-4,9-14H2,1H3/t19-/m0/s1. The van der Waals surface area contributed by atoms with E-state index in [1.54, 1.807) is 11.9 Å². The molecule has 0 radical (unpaired) electrons. The first kappa shape index (κ1) is 16.2. The molecule has 25 heavy (non-hydrogen) atoms. The molecule has 1 atom stereocenters. The van der Waals surface area contributed by atoms with E-state index in [9.17, 15) is 9.59 Å². The van der Waals surface area contributed by atoms with Crippen LogP contribution in [0.15, 0.2) is 24.3 Å². The second-order valence-corrected chi connectivity index (χ2v) is 7.48. The minimum absolute atomic E-state index is 0.0210. The van der Waals surface area contributed by atoms with Crippen molar-refractivity contribution in [2.75, 3.05) is 44.7 Å². The van der Waals surface area contributed by atoms with Gasteiger partial charge < -0.3 is 19.4 Å². The molecule has 0 bridgehead atoms. The largest absolute Gasteiger partial charge is 0.439 e. The Balaban J connectivity index is 1.42. The topological polar surface area (TPSA) is 53.1 Å². The first-order valence-corrected chi connectivity index (χ1v) is 9.15. The summed E-state index contributed by atoms with van der Waals surface area (Å²) in [4.78, 5) is 30.2. The summed E-state index contributed by atoms with van der Waals surface area (Å²) in [5.41, 5.74) is 1.38. The van der Waals surface area contributed by atoms with Gasteiger partial charge in [-0.2, -0.15) is 0 Å². The fourth-order valence-corrected chi connectivity index (χ4v) is 4.17. The summed E-state index contributed by atoms with van der Waals surface area (Å²) in [6.07, 6.45) is 4.21. The van der Waals surface area contributed by atoms with Crippen LogP contribution in [0.2, 0.25) is 0 Å². The molecule has 3 fully saturated rings. The van der Waals surface area contributed by atoms with E-state index in [0.29, 0.717) is 31.6 Å². The first-order chi connectivity index (χ1) is 12.1. The average Bonchev–Trinajstić information content (AvgIpc) is 3.17. The number of nitrogens with zero attached hydrogens (tertiary/aromatic N) is 3. The molecule has 3 saturated heterocycles. The van der Waals surface area contributed by atoms with Gasteiger partial charge >= 0.3 is 6.09 Å². The second kappa shape index (κ2) is 6.24. The van der Waals surface area contributed by atoms with Crippen LogP contribution in [0.3, 0.4) is 0 Å². The number of rotatable bonds is 2. The Morgan fingerprint density at radius 3 is 2.40 bits per heavy atom. The SMILES string of the molecule is CN1C[C@]2(CCN(C(=O)c3ccc(N4CCCCC4)cc3)C2)OC1=O. The minimum atomic E-state index is -0.519. The molecule has 0 aromatic heterocycles. The van der Waals surface area contributed by atoms with E-state index >= 15 is 0 Å². The van der Waals surface area contributed by atoms with Gasteiger partial charge in [0, 0.05) is 44.4 Å². The fourth-order valence-electron chi connectivity index (χ4n) is 4.17. The summed E-state index contributed by atoms with van der Waals surface area (Å²) in [6, 6.07) is 7.94. The van der Waals surface area contributed by atoms with Gasteiger partial charge in [-0.15, -0.1) is 0 Å². The lowest BCUT2D eigenvalue weighted by molar-refractivity contribution is 0.0553. The molecule has 6 heteroatoms. The van der Waals surface area contributed by atoms with Gasteiger partial charge in [0.25, 0.3) is 5.91 Å². The van der Waals surface area contributed by atoms with Crippen molar-refractivity contribution in [2.45, 2.75) is 31.3 Å². The van der Waals surface area contributed by atoms with Gasteiger partial charge in [0.2, 0.25) is 0 Å². The van der Waals surface area contributed by atoms with Gasteiger partial charge in [-0.1, -0.05) is 0 Å². The molecule has 3 aliphatic rings. The number of hydrogen-bond acceptors (Lipinski definition) is 4. The highest BCUT2D eigenvalue weighted by atomic mass is 16.6. The molecule has 3 aliphatic heterocycles. The maximum Gasteiger partial charge on any atom is 0.410 e. The Morgan fingerprint density at radius 2 is 1.76 bits per heavy atom. The van der Waals surface area contributed by atoms with Crippen LogP contribution < -0.4 is 4.90 Å². The van der Waals surface area contributed by atoms with Crippen LogP contribution in [0.25, 0.3) is 0 Å². The zero-order chi connectivity index (χ0) is 17.4. The molecule has 3 heterocycles. The van der Waals surface area contributed by atoms with Gasteiger partial charge in [-0.05, 0) is 43.5 Å². The monoisotopic (exact) mass is 343 g/mol. The number of benzene rings is 1. The van der Waals surface area contributed by atoms with Crippen LogP contribution in [-0.2, 0) is 4.74 Å². The summed E-state index contributed by atoms with van der Waals surface area (Å²) in [6.45, 7) is 3.87. The molecule has 1 aromatic carbocycles. The van der Waals surface area contributed by atoms with Crippen molar-refractivity contribution in [3.05, 3.63) is 29.8 Å². The molecular formula is C19H25N3O3. The summed E-state index contributed by atoms with van der Waals surface area (Å²) >= 11 is 0. The summed E-state index contributed by atoms with van der Waals surface area (Å²) in [5.74, 6) is 0.0210. The summed E-state index contributed by atoms with van der Waals surface area (Å²) < 4.78 is 5.52. The second-order valence-electron chi connectivity index (χ2n) is 7.48. The quantitative estimate of drug-likeness (QED) is 0.827. The fraction of sp³-hybridized carbons (Fsp3) is 0.579. The smallest absolute Gasteiger partial charge is 0.410 e. The Labute approximate surface area is 148 Å². The molecule has 1 spiro atoms. The maximum atomic E-state index is 12.8. The number of anilines is 1. The third-order valence-electron chi connectivity index (χ3n) is 5.58. The molecular weight excluding hydrogens is 318 g/mol.